The Hall–Kier alpha value is -2.64. The van der Waals surface area contributed by atoms with Crippen molar-refractivity contribution < 1.29 is 23.7 Å². The molecule has 0 saturated carbocycles. The summed E-state index contributed by atoms with van der Waals surface area (Å²) in [5, 5.41) is 3.33. The van der Waals surface area contributed by atoms with Gasteiger partial charge in [0.05, 0.1) is 34.4 Å². The van der Waals surface area contributed by atoms with Gasteiger partial charge in [0.15, 0.2) is 17.5 Å². The van der Waals surface area contributed by atoms with E-state index in [0.29, 0.717) is 36.8 Å². The minimum Gasteiger partial charge on any atom is -0.493 e. The predicted octanol–water partition coefficient (Wildman–Crippen LogP) is 1.96. The molecule has 1 aromatic carbocycles. The van der Waals surface area contributed by atoms with Crippen LogP contribution in [0.3, 0.4) is 0 Å². The number of hydrogen-bond donors (Lipinski definition) is 1. The summed E-state index contributed by atoms with van der Waals surface area (Å²) in [5.74, 6) is 2.61. The quantitative estimate of drug-likeness (QED) is 0.401. The molecule has 162 valence electrons. The molecule has 2 unspecified atom stereocenters. The van der Waals surface area contributed by atoms with Crippen molar-refractivity contribution in [2.45, 2.75) is 20.3 Å². The van der Waals surface area contributed by atoms with Crippen LogP contribution < -0.4 is 19.5 Å². The summed E-state index contributed by atoms with van der Waals surface area (Å²) >= 11 is 0. The van der Waals surface area contributed by atoms with E-state index in [1.54, 1.807) is 21.3 Å². The molecule has 0 spiro atoms. The molecule has 0 amide bonds. The maximum absolute atomic E-state index is 12.0. The topological polar surface area (TPSA) is 81.6 Å². The molecule has 2 rings (SSSR count). The lowest BCUT2D eigenvalue weighted by molar-refractivity contribution is -0.145. The van der Waals surface area contributed by atoms with Crippen molar-refractivity contribution in [2.75, 3.05) is 54.6 Å². The molecule has 8 nitrogen and oxygen atoms in total. The Bertz CT molecular complexity index is 723. The van der Waals surface area contributed by atoms with Crippen molar-refractivity contribution in [3.8, 4) is 17.2 Å². The zero-order valence-corrected chi connectivity index (χ0v) is 18.3. The minimum atomic E-state index is -0.161. The van der Waals surface area contributed by atoms with E-state index in [-0.39, 0.29) is 17.8 Å². The van der Waals surface area contributed by atoms with E-state index in [1.807, 2.05) is 19.1 Å². The van der Waals surface area contributed by atoms with Crippen LogP contribution in [-0.2, 0) is 16.0 Å². The third-order valence-electron chi connectivity index (χ3n) is 5.18. The van der Waals surface area contributed by atoms with Gasteiger partial charge in [-0.25, -0.2) is 0 Å². The normalized spacial score (nSPS) is 19.1. The molecule has 1 aliphatic rings. The van der Waals surface area contributed by atoms with Crippen molar-refractivity contribution in [1.82, 2.24) is 10.2 Å². The second-order valence-corrected chi connectivity index (χ2v) is 6.99. The van der Waals surface area contributed by atoms with Crippen molar-refractivity contribution in [2.24, 2.45) is 16.8 Å². The number of likely N-dealkylation sites (tertiary alicyclic amines) is 1. The summed E-state index contributed by atoms with van der Waals surface area (Å²) in [6.07, 6.45) is 0.683. The van der Waals surface area contributed by atoms with E-state index in [9.17, 15) is 4.79 Å². The van der Waals surface area contributed by atoms with E-state index in [1.165, 1.54) is 7.11 Å². The fourth-order valence-electron chi connectivity index (χ4n) is 3.67. The first-order chi connectivity index (χ1) is 14.0. The molecular weight excluding hydrogens is 374 g/mol. The van der Waals surface area contributed by atoms with Gasteiger partial charge in [0.2, 0.25) is 5.75 Å². The van der Waals surface area contributed by atoms with E-state index in [0.717, 1.165) is 24.6 Å². The van der Waals surface area contributed by atoms with Gasteiger partial charge in [-0.1, -0.05) is 13.0 Å². The molecule has 1 fully saturated rings. The molecular formula is C21H33N3O5. The third-order valence-corrected chi connectivity index (χ3v) is 5.18. The van der Waals surface area contributed by atoms with Gasteiger partial charge in [0.1, 0.15) is 0 Å². The predicted molar refractivity (Wildman–Crippen MR) is 112 cm³/mol. The maximum atomic E-state index is 12.0. The Morgan fingerprint density at radius 2 is 1.86 bits per heavy atom. The number of carbonyl (C=O) groups is 1. The number of carbonyl (C=O) groups excluding carboxylic acids is 1. The van der Waals surface area contributed by atoms with Crippen molar-refractivity contribution in [1.29, 1.82) is 0 Å². The average Bonchev–Trinajstić information content (AvgIpc) is 3.13. The Balaban J connectivity index is 2.13. The number of methoxy groups -OCH3 is 4. The Morgan fingerprint density at radius 1 is 1.14 bits per heavy atom. The number of nitrogens with zero attached hydrogens (tertiary/aromatic N) is 2. The van der Waals surface area contributed by atoms with Gasteiger partial charge >= 0.3 is 5.97 Å². The molecule has 29 heavy (non-hydrogen) atoms. The van der Waals surface area contributed by atoms with Crippen LogP contribution in [0, 0.1) is 11.8 Å². The lowest BCUT2D eigenvalue weighted by Crippen LogP contribution is -2.40. The second kappa shape index (κ2) is 10.8. The zero-order chi connectivity index (χ0) is 21.4. The number of nitrogens with one attached hydrogen (secondary N) is 1. The van der Waals surface area contributed by atoms with Crippen molar-refractivity contribution >= 4 is 11.9 Å². The van der Waals surface area contributed by atoms with Gasteiger partial charge in [0, 0.05) is 31.7 Å². The summed E-state index contributed by atoms with van der Waals surface area (Å²) in [6, 6.07) is 3.84. The smallest absolute Gasteiger partial charge is 0.310 e. The highest BCUT2D eigenvalue weighted by atomic mass is 16.5. The van der Waals surface area contributed by atoms with Gasteiger partial charge in [-0.3, -0.25) is 9.79 Å². The Morgan fingerprint density at radius 3 is 2.45 bits per heavy atom. The first-order valence-electron chi connectivity index (χ1n) is 9.89. The molecule has 1 aromatic rings. The number of esters is 1. The first kappa shape index (κ1) is 22.6. The molecule has 1 N–H and O–H groups in total. The largest absolute Gasteiger partial charge is 0.493 e. The third kappa shape index (κ3) is 5.25. The van der Waals surface area contributed by atoms with Gasteiger partial charge < -0.3 is 29.2 Å². The van der Waals surface area contributed by atoms with Crippen LogP contribution in [0.15, 0.2) is 17.1 Å². The summed E-state index contributed by atoms with van der Waals surface area (Å²) in [7, 11) is 6.25. The van der Waals surface area contributed by atoms with Crippen LogP contribution >= 0.6 is 0 Å². The fourth-order valence-corrected chi connectivity index (χ4v) is 3.67. The Kier molecular flexibility index (Phi) is 8.42. The van der Waals surface area contributed by atoms with Crippen LogP contribution in [0.5, 0.6) is 17.2 Å². The summed E-state index contributed by atoms with van der Waals surface area (Å²) in [6.45, 7) is 6.81. The van der Waals surface area contributed by atoms with E-state index in [4.69, 9.17) is 23.9 Å². The molecule has 1 heterocycles. The van der Waals surface area contributed by atoms with Gasteiger partial charge in [0.25, 0.3) is 0 Å². The second-order valence-electron chi connectivity index (χ2n) is 6.99. The van der Waals surface area contributed by atoms with Gasteiger partial charge in [-0.05, 0) is 25.3 Å². The number of rotatable bonds is 8. The van der Waals surface area contributed by atoms with E-state index < -0.39 is 0 Å². The number of ether oxygens (including phenoxy) is 4. The minimum absolute atomic E-state index is 0.130. The van der Waals surface area contributed by atoms with Crippen molar-refractivity contribution in [3.63, 3.8) is 0 Å². The van der Waals surface area contributed by atoms with Gasteiger partial charge in [-0.2, -0.15) is 0 Å². The van der Waals surface area contributed by atoms with Crippen LogP contribution in [0.4, 0.5) is 0 Å². The van der Waals surface area contributed by atoms with Gasteiger partial charge in [-0.15, -0.1) is 0 Å². The lowest BCUT2D eigenvalue weighted by atomic mass is 9.99. The fraction of sp³-hybridized carbons (Fsp3) is 0.619. The highest BCUT2D eigenvalue weighted by Crippen LogP contribution is 2.39. The average molecular weight is 408 g/mol. The maximum Gasteiger partial charge on any atom is 0.310 e. The monoisotopic (exact) mass is 407 g/mol. The summed E-state index contributed by atoms with van der Waals surface area (Å²) < 4.78 is 21.3. The van der Waals surface area contributed by atoms with Crippen molar-refractivity contribution in [3.05, 3.63) is 17.7 Å². The van der Waals surface area contributed by atoms with Crippen LogP contribution in [0.25, 0.3) is 0 Å². The first-order valence-corrected chi connectivity index (χ1v) is 9.89. The van der Waals surface area contributed by atoms with E-state index in [2.05, 4.69) is 17.1 Å². The number of benzene rings is 1. The molecule has 2 atom stereocenters. The summed E-state index contributed by atoms with van der Waals surface area (Å²) in [4.78, 5) is 18.9. The highest BCUT2D eigenvalue weighted by Gasteiger charge is 2.36. The van der Waals surface area contributed by atoms with E-state index >= 15 is 0 Å². The van der Waals surface area contributed by atoms with Crippen LogP contribution in [0.1, 0.15) is 19.4 Å². The molecule has 1 saturated heterocycles. The molecule has 0 aliphatic carbocycles. The van der Waals surface area contributed by atoms with Crippen LogP contribution in [-0.4, -0.2) is 71.4 Å². The SMILES string of the molecule is CCNC(=NCCc1ccc(OC)c(OC)c1OC)N1CC(C)C(C(=O)OC)C1. The molecule has 1 aliphatic heterocycles. The molecule has 0 radical (unpaired) electrons. The Labute approximate surface area is 173 Å². The molecule has 0 aromatic heterocycles. The number of aliphatic imine (C=N–C) groups is 1. The standard InChI is InChI=1S/C21H33N3O5/c1-7-22-21(24-12-14(2)16(13-24)20(25)29-6)23-11-10-15-8-9-17(26-3)19(28-5)18(15)27-4/h8-9,14,16H,7,10-13H2,1-6H3,(H,22,23). The molecule has 0 bridgehead atoms. The zero-order valence-electron chi connectivity index (χ0n) is 18.3. The number of guanidine groups is 1. The molecule has 8 heteroatoms. The lowest BCUT2D eigenvalue weighted by Gasteiger charge is -2.21. The highest BCUT2D eigenvalue weighted by molar-refractivity contribution is 5.82. The number of hydrogen-bond acceptors (Lipinski definition) is 6. The van der Waals surface area contributed by atoms with Crippen LogP contribution in [0.2, 0.25) is 0 Å². The summed E-state index contributed by atoms with van der Waals surface area (Å²) in [5.41, 5.74) is 0.993.